The minimum absolute atomic E-state index is 0.274. The van der Waals surface area contributed by atoms with Gasteiger partial charge in [0.1, 0.15) is 6.42 Å². The third kappa shape index (κ3) is 3.63. The molecule has 0 atom stereocenters. The van der Waals surface area contributed by atoms with Crippen molar-refractivity contribution in [2.75, 3.05) is 6.26 Å². The number of hydrogen-bond donors (Lipinski definition) is 0. The smallest absolute Gasteiger partial charge is 0.247 e. The number of nitrogens with zero attached hydrogens (tertiary/aromatic N) is 4. The molecular formula is C18H13ClN4O2S. The molecule has 0 aliphatic heterocycles. The van der Waals surface area contributed by atoms with Crippen LogP contribution in [0.5, 0.6) is 0 Å². The molecule has 0 aliphatic rings. The van der Waals surface area contributed by atoms with Crippen molar-refractivity contribution < 1.29 is 8.94 Å². The van der Waals surface area contributed by atoms with E-state index in [1.54, 1.807) is 23.9 Å². The first-order valence-corrected chi connectivity index (χ1v) is 9.37. The van der Waals surface area contributed by atoms with Gasteiger partial charge in [-0.1, -0.05) is 16.8 Å². The lowest BCUT2D eigenvalue weighted by Gasteiger charge is -1.96. The van der Waals surface area contributed by atoms with E-state index in [9.17, 15) is 0 Å². The lowest BCUT2D eigenvalue weighted by atomic mass is 10.2. The summed E-state index contributed by atoms with van der Waals surface area (Å²) in [4.78, 5) is 5.57. The largest absolute Gasteiger partial charge is 0.420 e. The predicted molar refractivity (Wildman–Crippen MR) is 99.1 cm³/mol. The molecule has 0 aliphatic carbocycles. The Morgan fingerprint density at radius 1 is 0.923 bits per heavy atom. The maximum absolute atomic E-state index is 5.89. The predicted octanol–water partition coefficient (Wildman–Crippen LogP) is 4.75. The van der Waals surface area contributed by atoms with Crippen molar-refractivity contribution in [2.45, 2.75) is 11.3 Å². The van der Waals surface area contributed by atoms with E-state index in [-0.39, 0.29) is 6.42 Å². The van der Waals surface area contributed by atoms with E-state index in [4.69, 9.17) is 20.5 Å². The lowest BCUT2D eigenvalue weighted by Crippen LogP contribution is -1.89. The van der Waals surface area contributed by atoms with Gasteiger partial charge in [0.2, 0.25) is 23.5 Å². The zero-order valence-corrected chi connectivity index (χ0v) is 15.3. The summed E-state index contributed by atoms with van der Waals surface area (Å²) in [7, 11) is 0. The van der Waals surface area contributed by atoms with E-state index >= 15 is 0 Å². The Morgan fingerprint density at radius 3 is 2.38 bits per heavy atom. The highest BCUT2D eigenvalue weighted by atomic mass is 35.5. The number of hydrogen-bond acceptors (Lipinski definition) is 7. The van der Waals surface area contributed by atoms with Gasteiger partial charge in [0.15, 0.2) is 0 Å². The van der Waals surface area contributed by atoms with Gasteiger partial charge in [-0.05, 0) is 54.8 Å². The van der Waals surface area contributed by atoms with Crippen LogP contribution in [0.3, 0.4) is 0 Å². The van der Waals surface area contributed by atoms with E-state index in [1.165, 1.54) is 4.90 Å². The number of halogens is 1. The molecule has 0 radical (unpaired) electrons. The second kappa shape index (κ2) is 7.31. The summed E-state index contributed by atoms with van der Waals surface area (Å²) in [6, 6.07) is 15.2. The molecule has 0 amide bonds. The van der Waals surface area contributed by atoms with Gasteiger partial charge in [-0.15, -0.1) is 22.0 Å². The first-order chi connectivity index (χ1) is 12.7. The summed E-state index contributed by atoms with van der Waals surface area (Å²) in [6.07, 6.45) is 2.31. The Bertz CT molecular complexity index is 1010. The zero-order chi connectivity index (χ0) is 17.9. The molecule has 2 heterocycles. The van der Waals surface area contributed by atoms with Crippen LogP contribution in [-0.4, -0.2) is 26.6 Å². The molecule has 0 N–H and O–H groups in total. The van der Waals surface area contributed by atoms with E-state index in [0.717, 1.165) is 11.1 Å². The van der Waals surface area contributed by atoms with Crippen LogP contribution in [-0.2, 0) is 6.42 Å². The van der Waals surface area contributed by atoms with Crippen LogP contribution in [0.2, 0.25) is 5.02 Å². The Morgan fingerprint density at radius 2 is 1.65 bits per heavy atom. The topological polar surface area (TPSA) is 77.8 Å². The summed E-state index contributed by atoms with van der Waals surface area (Å²) in [6.45, 7) is 0. The average Bonchev–Trinajstić information content (AvgIpc) is 3.33. The summed E-state index contributed by atoms with van der Waals surface area (Å²) < 4.78 is 11.0. The van der Waals surface area contributed by atoms with E-state index in [0.29, 0.717) is 28.5 Å². The van der Waals surface area contributed by atoms with E-state index in [2.05, 4.69) is 20.3 Å². The minimum atomic E-state index is 0.274. The molecule has 4 rings (SSSR count). The first kappa shape index (κ1) is 16.8. The highest BCUT2D eigenvalue weighted by molar-refractivity contribution is 7.98. The number of benzene rings is 2. The van der Waals surface area contributed by atoms with E-state index in [1.807, 2.05) is 42.7 Å². The average molecular weight is 385 g/mol. The lowest BCUT2D eigenvalue weighted by molar-refractivity contribution is 0.374. The first-order valence-electron chi connectivity index (χ1n) is 7.76. The van der Waals surface area contributed by atoms with Crippen molar-refractivity contribution in [1.82, 2.24) is 20.3 Å². The number of aromatic nitrogens is 4. The molecule has 0 bridgehead atoms. The second-order valence-electron chi connectivity index (χ2n) is 5.42. The van der Waals surface area contributed by atoms with Gasteiger partial charge >= 0.3 is 0 Å². The Hall–Kier alpha value is -2.64. The molecule has 130 valence electrons. The molecule has 2 aromatic carbocycles. The highest BCUT2D eigenvalue weighted by Crippen LogP contribution is 2.23. The molecular weight excluding hydrogens is 372 g/mol. The van der Waals surface area contributed by atoms with Crippen LogP contribution in [0, 0.1) is 0 Å². The Kier molecular flexibility index (Phi) is 4.73. The molecule has 6 nitrogen and oxygen atoms in total. The summed E-state index contributed by atoms with van der Waals surface area (Å²) >= 11 is 7.57. The van der Waals surface area contributed by atoms with Gasteiger partial charge in [-0.2, -0.15) is 4.98 Å². The Balaban J connectivity index is 1.49. The normalized spacial score (nSPS) is 11.0. The summed E-state index contributed by atoms with van der Waals surface area (Å²) in [5, 5.41) is 12.7. The molecule has 0 spiro atoms. The van der Waals surface area contributed by atoms with Crippen molar-refractivity contribution in [1.29, 1.82) is 0 Å². The van der Waals surface area contributed by atoms with Crippen molar-refractivity contribution in [3.63, 3.8) is 0 Å². The molecule has 26 heavy (non-hydrogen) atoms. The van der Waals surface area contributed by atoms with Crippen molar-refractivity contribution in [3.05, 3.63) is 65.3 Å². The monoisotopic (exact) mass is 384 g/mol. The van der Waals surface area contributed by atoms with Crippen LogP contribution in [0.25, 0.3) is 22.8 Å². The molecule has 0 saturated carbocycles. The SMILES string of the molecule is CSc1ccc(-c2noc(Cc3nnc(-c4ccc(Cl)cc4)o3)n2)cc1. The summed E-state index contributed by atoms with van der Waals surface area (Å²) in [5.74, 6) is 1.78. The van der Waals surface area contributed by atoms with Crippen LogP contribution >= 0.6 is 23.4 Å². The molecule has 4 aromatic rings. The van der Waals surface area contributed by atoms with Crippen molar-refractivity contribution in [2.24, 2.45) is 0 Å². The van der Waals surface area contributed by atoms with Gasteiger partial charge in [0.25, 0.3) is 0 Å². The quantitative estimate of drug-likeness (QED) is 0.459. The molecule has 8 heteroatoms. The fourth-order valence-electron chi connectivity index (χ4n) is 2.35. The maximum Gasteiger partial charge on any atom is 0.247 e. The van der Waals surface area contributed by atoms with E-state index < -0.39 is 0 Å². The second-order valence-corrected chi connectivity index (χ2v) is 6.74. The highest BCUT2D eigenvalue weighted by Gasteiger charge is 2.14. The fraction of sp³-hybridized carbons (Fsp3) is 0.111. The Labute approximate surface area is 158 Å². The van der Waals surface area contributed by atoms with Crippen LogP contribution in [0.15, 0.2) is 62.4 Å². The molecule has 0 saturated heterocycles. The van der Waals surface area contributed by atoms with Crippen LogP contribution < -0.4 is 0 Å². The maximum atomic E-state index is 5.89. The standard InChI is InChI=1S/C18H13ClN4O2S/c1-26-14-8-4-11(5-9-14)17-20-15(25-23-17)10-16-21-22-18(24-16)12-2-6-13(19)7-3-12/h2-9H,10H2,1H3. The minimum Gasteiger partial charge on any atom is -0.420 e. The van der Waals surface area contributed by atoms with Crippen molar-refractivity contribution >= 4 is 23.4 Å². The van der Waals surface area contributed by atoms with Gasteiger partial charge in [0, 0.05) is 21.0 Å². The molecule has 0 fully saturated rings. The van der Waals surface area contributed by atoms with Crippen LogP contribution in [0.1, 0.15) is 11.8 Å². The zero-order valence-electron chi connectivity index (χ0n) is 13.7. The van der Waals surface area contributed by atoms with Gasteiger partial charge < -0.3 is 8.94 Å². The number of thioether (sulfide) groups is 1. The third-order valence-electron chi connectivity index (χ3n) is 3.68. The molecule has 0 unspecified atom stereocenters. The van der Waals surface area contributed by atoms with Crippen LogP contribution in [0.4, 0.5) is 0 Å². The van der Waals surface area contributed by atoms with Gasteiger partial charge in [-0.3, -0.25) is 0 Å². The molecule has 2 aromatic heterocycles. The van der Waals surface area contributed by atoms with Gasteiger partial charge in [0.05, 0.1) is 0 Å². The fourth-order valence-corrected chi connectivity index (χ4v) is 2.88. The van der Waals surface area contributed by atoms with Crippen molar-refractivity contribution in [3.8, 4) is 22.8 Å². The number of rotatable bonds is 5. The third-order valence-corrected chi connectivity index (χ3v) is 4.67. The van der Waals surface area contributed by atoms with Gasteiger partial charge in [-0.25, -0.2) is 0 Å². The summed E-state index contributed by atoms with van der Waals surface area (Å²) in [5.41, 5.74) is 1.69.